The minimum Gasteiger partial charge on any atom is -0.240 e. The second-order valence-corrected chi connectivity index (χ2v) is 6.44. The van der Waals surface area contributed by atoms with E-state index in [-0.39, 0.29) is 0 Å². The molecule has 0 aliphatic heterocycles. The number of hydrogen-bond donors (Lipinski definition) is 0. The van der Waals surface area contributed by atoms with Gasteiger partial charge in [-0.15, -0.1) is 0 Å². The summed E-state index contributed by atoms with van der Waals surface area (Å²) in [5, 5.41) is 4.71. The van der Waals surface area contributed by atoms with E-state index in [4.69, 9.17) is 5.10 Å². The normalized spacial score (nSPS) is 15.7. The van der Waals surface area contributed by atoms with Gasteiger partial charge < -0.3 is 0 Å². The minimum absolute atomic E-state index is 0.764. The SMILES string of the molecule is c1ccc(-n2ccc(-c3ccc(C4CCCCC4)cc3)n2)cc1. The smallest absolute Gasteiger partial charge is 0.0927 e. The third-order valence-corrected chi connectivity index (χ3v) is 4.89. The van der Waals surface area contributed by atoms with Gasteiger partial charge in [-0.25, -0.2) is 4.68 Å². The Bertz CT molecular complexity index is 750. The quantitative estimate of drug-likeness (QED) is 0.617. The molecule has 2 aromatic carbocycles. The summed E-state index contributed by atoms with van der Waals surface area (Å²) in [5.41, 5.74) is 4.82. The van der Waals surface area contributed by atoms with Crippen LogP contribution in [-0.4, -0.2) is 9.78 Å². The van der Waals surface area contributed by atoms with Crippen LogP contribution in [-0.2, 0) is 0 Å². The van der Waals surface area contributed by atoms with Crippen molar-refractivity contribution in [3.8, 4) is 16.9 Å². The van der Waals surface area contributed by atoms with Crippen molar-refractivity contribution in [1.82, 2.24) is 9.78 Å². The third kappa shape index (κ3) is 3.07. The van der Waals surface area contributed by atoms with E-state index in [0.29, 0.717) is 0 Å². The van der Waals surface area contributed by atoms with Gasteiger partial charge in [0.1, 0.15) is 0 Å². The van der Waals surface area contributed by atoms with E-state index in [0.717, 1.165) is 17.3 Å². The van der Waals surface area contributed by atoms with Gasteiger partial charge >= 0.3 is 0 Å². The van der Waals surface area contributed by atoms with Crippen LogP contribution in [0.3, 0.4) is 0 Å². The van der Waals surface area contributed by atoms with E-state index in [1.54, 1.807) is 0 Å². The zero-order valence-corrected chi connectivity index (χ0v) is 13.4. The van der Waals surface area contributed by atoms with E-state index < -0.39 is 0 Å². The molecule has 2 heteroatoms. The second kappa shape index (κ2) is 6.41. The van der Waals surface area contributed by atoms with Gasteiger partial charge in [0, 0.05) is 11.8 Å². The predicted molar refractivity (Wildman–Crippen MR) is 94.8 cm³/mol. The Morgan fingerprint density at radius 1 is 0.783 bits per heavy atom. The topological polar surface area (TPSA) is 17.8 Å². The highest BCUT2D eigenvalue weighted by atomic mass is 15.3. The third-order valence-electron chi connectivity index (χ3n) is 4.89. The Kier molecular flexibility index (Phi) is 3.97. The minimum atomic E-state index is 0.764. The molecule has 0 bridgehead atoms. The zero-order valence-electron chi connectivity index (χ0n) is 13.4. The van der Waals surface area contributed by atoms with E-state index in [2.05, 4.69) is 42.5 Å². The molecule has 23 heavy (non-hydrogen) atoms. The maximum atomic E-state index is 4.71. The van der Waals surface area contributed by atoms with Gasteiger partial charge in [-0.1, -0.05) is 61.7 Å². The summed E-state index contributed by atoms with van der Waals surface area (Å²) in [6, 6.07) is 21.4. The fourth-order valence-electron chi connectivity index (χ4n) is 3.56. The molecule has 116 valence electrons. The van der Waals surface area contributed by atoms with Crippen LogP contribution in [0.25, 0.3) is 16.9 Å². The van der Waals surface area contributed by atoms with Gasteiger partial charge in [0.25, 0.3) is 0 Å². The summed E-state index contributed by atoms with van der Waals surface area (Å²) in [5.74, 6) is 0.764. The van der Waals surface area contributed by atoms with E-state index in [1.165, 1.54) is 43.2 Å². The number of para-hydroxylation sites is 1. The van der Waals surface area contributed by atoms with Crippen molar-refractivity contribution in [3.63, 3.8) is 0 Å². The van der Waals surface area contributed by atoms with Crippen LogP contribution in [0, 0.1) is 0 Å². The molecule has 0 N–H and O–H groups in total. The lowest BCUT2D eigenvalue weighted by Gasteiger charge is -2.22. The van der Waals surface area contributed by atoms with Crippen molar-refractivity contribution in [1.29, 1.82) is 0 Å². The number of nitrogens with zero attached hydrogens (tertiary/aromatic N) is 2. The maximum absolute atomic E-state index is 4.71. The molecule has 0 unspecified atom stereocenters. The van der Waals surface area contributed by atoms with Gasteiger partial charge in [0.15, 0.2) is 0 Å². The summed E-state index contributed by atoms with van der Waals surface area (Å²) in [6.45, 7) is 0. The molecule has 4 rings (SSSR count). The van der Waals surface area contributed by atoms with Crippen LogP contribution in [0.15, 0.2) is 66.9 Å². The standard InChI is InChI=1S/C21H22N2/c1-3-7-17(8-4-1)18-11-13-19(14-12-18)21-15-16-23(22-21)20-9-5-2-6-10-20/h2,5-6,9-17H,1,3-4,7-8H2. The van der Waals surface area contributed by atoms with Gasteiger partial charge in [-0.05, 0) is 42.5 Å². The molecule has 0 amide bonds. The van der Waals surface area contributed by atoms with Crippen LogP contribution in [0.2, 0.25) is 0 Å². The van der Waals surface area contributed by atoms with Crippen molar-refractivity contribution in [3.05, 3.63) is 72.4 Å². The average molecular weight is 302 g/mol. The molecule has 2 nitrogen and oxygen atoms in total. The molecule has 0 saturated heterocycles. The lowest BCUT2D eigenvalue weighted by Crippen LogP contribution is -2.04. The first kappa shape index (κ1) is 14.3. The first-order chi connectivity index (χ1) is 11.4. The Labute approximate surface area is 137 Å². The van der Waals surface area contributed by atoms with Crippen molar-refractivity contribution in [2.45, 2.75) is 38.0 Å². The molecule has 0 atom stereocenters. The van der Waals surface area contributed by atoms with Crippen LogP contribution in [0.1, 0.15) is 43.6 Å². The van der Waals surface area contributed by atoms with Gasteiger partial charge in [0.05, 0.1) is 11.4 Å². The zero-order chi connectivity index (χ0) is 15.5. The molecule has 1 aliphatic carbocycles. The van der Waals surface area contributed by atoms with Crippen LogP contribution >= 0.6 is 0 Å². The lowest BCUT2D eigenvalue weighted by molar-refractivity contribution is 0.443. The molecule has 1 saturated carbocycles. The molecular weight excluding hydrogens is 280 g/mol. The Balaban J connectivity index is 1.55. The average Bonchev–Trinajstić information content (AvgIpc) is 3.14. The molecule has 0 spiro atoms. The highest BCUT2D eigenvalue weighted by Gasteiger charge is 2.15. The van der Waals surface area contributed by atoms with Crippen molar-refractivity contribution in [2.24, 2.45) is 0 Å². The largest absolute Gasteiger partial charge is 0.240 e. The number of hydrogen-bond acceptors (Lipinski definition) is 1. The van der Waals surface area contributed by atoms with Crippen LogP contribution < -0.4 is 0 Å². The van der Waals surface area contributed by atoms with Crippen LogP contribution in [0.5, 0.6) is 0 Å². The molecular formula is C21H22N2. The Morgan fingerprint density at radius 2 is 1.52 bits per heavy atom. The monoisotopic (exact) mass is 302 g/mol. The Hall–Kier alpha value is -2.35. The Morgan fingerprint density at radius 3 is 2.26 bits per heavy atom. The second-order valence-electron chi connectivity index (χ2n) is 6.44. The van der Waals surface area contributed by atoms with Crippen LogP contribution in [0.4, 0.5) is 0 Å². The fraction of sp³-hybridized carbons (Fsp3) is 0.286. The highest BCUT2D eigenvalue weighted by molar-refractivity contribution is 5.59. The lowest BCUT2D eigenvalue weighted by atomic mass is 9.84. The van der Waals surface area contributed by atoms with Crippen molar-refractivity contribution < 1.29 is 0 Å². The molecule has 1 fully saturated rings. The summed E-state index contributed by atoms with van der Waals surface area (Å²) >= 11 is 0. The summed E-state index contributed by atoms with van der Waals surface area (Å²) in [7, 11) is 0. The molecule has 1 aromatic heterocycles. The van der Waals surface area contributed by atoms with E-state index >= 15 is 0 Å². The molecule has 1 aliphatic rings. The molecule has 3 aromatic rings. The highest BCUT2D eigenvalue weighted by Crippen LogP contribution is 2.33. The maximum Gasteiger partial charge on any atom is 0.0927 e. The number of benzene rings is 2. The molecule has 1 heterocycles. The van der Waals surface area contributed by atoms with Gasteiger partial charge in [-0.3, -0.25) is 0 Å². The summed E-state index contributed by atoms with van der Waals surface area (Å²) < 4.78 is 1.93. The fourth-order valence-corrected chi connectivity index (χ4v) is 3.56. The molecule has 0 radical (unpaired) electrons. The van der Waals surface area contributed by atoms with Gasteiger partial charge in [0.2, 0.25) is 0 Å². The first-order valence-corrected chi connectivity index (χ1v) is 8.61. The van der Waals surface area contributed by atoms with Crippen molar-refractivity contribution in [2.75, 3.05) is 0 Å². The van der Waals surface area contributed by atoms with Gasteiger partial charge in [-0.2, -0.15) is 5.10 Å². The predicted octanol–water partition coefficient (Wildman–Crippen LogP) is 5.59. The first-order valence-electron chi connectivity index (χ1n) is 8.61. The summed E-state index contributed by atoms with van der Waals surface area (Å²) in [6.07, 6.45) is 8.90. The van der Waals surface area contributed by atoms with E-state index in [1.807, 2.05) is 29.1 Å². The van der Waals surface area contributed by atoms with Crippen molar-refractivity contribution >= 4 is 0 Å². The number of aromatic nitrogens is 2. The van der Waals surface area contributed by atoms with E-state index in [9.17, 15) is 0 Å². The summed E-state index contributed by atoms with van der Waals surface area (Å²) in [4.78, 5) is 0. The number of rotatable bonds is 3.